The zero-order valence-corrected chi connectivity index (χ0v) is 13.9. The summed E-state index contributed by atoms with van der Waals surface area (Å²) in [4.78, 5) is 12.1. The summed E-state index contributed by atoms with van der Waals surface area (Å²) in [6, 6.07) is 3.09. The van der Waals surface area contributed by atoms with Crippen molar-refractivity contribution in [2.24, 2.45) is 11.7 Å². The Morgan fingerprint density at radius 1 is 1.18 bits per heavy atom. The SMILES string of the molecule is CCC(C)C(N)C(=O)NCc1ccc(OC)c(OC)c1OC. The maximum atomic E-state index is 12.1. The maximum Gasteiger partial charge on any atom is 0.237 e. The van der Waals surface area contributed by atoms with Gasteiger partial charge in [-0.1, -0.05) is 20.3 Å². The van der Waals surface area contributed by atoms with Crippen molar-refractivity contribution in [3.63, 3.8) is 0 Å². The highest BCUT2D eigenvalue weighted by molar-refractivity contribution is 5.81. The van der Waals surface area contributed by atoms with Crippen LogP contribution in [0.25, 0.3) is 0 Å². The molecule has 1 aromatic carbocycles. The fraction of sp³-hybridized carbons (Fsp3) is 0.562. The Morgan fingerprint density at radius 2 is 1.82 bits per heavy atom. The second-order valence-electron chi connectivity index (χ2n) is 5.12. The summed E-state index contributed by atoms with van der Waals surface area (Å²) in [5, 5.41) is 2.84. The number of carbonyl (C=O) groups is 1. The van der Waals surface area contributed by atoms with Gasteiger partial charge in [0.05, 0.1) is 27.4 Å². The normalized spacial score (nSPS) is 13.2. The van der Waals surface area contributed by atoms with Crippen LogP contribution in [0.15, 0.2) is 12.1 Å². The summed E-state index contributed by atoms with van der Waals surface area (Å²) in [5.74, 6) is 1.58. The van der Waals surface area contributed by atoms with Crippen molar-refractivity contribution >= 4 is 5.91 Å². The molecule has 1 rings (SSSR count). The predicted octanol–water partition coefficient (Wildman–Crippen LogP) is 1.70. The molecule has 1 aromatic rings. The van der Waals surface area contributed by atoms with Crippen LogP contribution in [0, 0.1) is 5.92 Å². The van der Waals surface area contributed by atoms with E-state index in [1.807, 2.05) is 19.9 Å². The molecule has 6 nitrogen and oxygen atoms in total. The molecule has 0 spiro atoms. The number of carbonyl (C=O) groups excluding carboxylic acids is 1. The lowest BCUT2D eigenvalue weighted by Crippen LogP contribution is -2.44. The minimum absolute atomic E-state index is 0.132. The molecule has 0 aliphatic carbocycles. The smallest absolute Gasteiger partial charge is 0.237 e. The summed E-state index contributed by atoms with van der Waals surface area (Å²) in [6.07, 6.45) is 0.855. The number of hydrogen-bond acceptors (Lipinski definition) is 5. The lowest BCUT2D eigenvalue weighted by Gasteiger charge is -2.19. The summed E-state index contributed by atoms with van der Waals surface area (Å²) >= 11 is 0. The van der Waals surface area contributed by atoms with Crippen molar-refractivity contribution in [2.75, 3.05) is 21.3 Å². The lowest BCUT2D eigenvalue weighted by molar-refractivity contribution is -0.123. The summed E-state index contributed by atoms with van der Waals surface area (Å²) in [7, 11) is 4.65. The van der Waals surface area contributed by atoms with Gasteiger partial charge in [-0.3, -0.25) is 4.79 Å². The second kappa shape index (κ2) is 8.48. The minimum atomic E-state index is -0.517. The molecule has 6 heteroatoms. The van der Waals surface area contributed by atoms with E-state index in [1.54, 1.807) is 27.4 Å². The first-order chi connectivity index (χ1) is 10.5. The molecular weight excluding hydrogens is 284 g/mol. The van der Waals surface area contributed by atoms with E-state index in [1.165, 1.54) is 0 Å². The molecule has 0 saturated carbocycles. The van der Waals surface area contributed by atoms with Gasteiger partial charge in [0.25, 0.3) is 0 Å². The minimum Gasteiger partial charge on any atom is -0.493 e. The van der Waals surface area contributed by atoms with E-state index >= 15 is 0 Å². The molecule has 0 aromatic heterocycles. The van der Waals surface area contributed by atoms with Gasteiger partial charge in [-0.2, -0.15) is 0 Å². The Morgan fingerprint density at radius 3 is 2.32 bits per heavy atom. The summed E-state index contributed by atoms with van der Waals surface area (Å²) in [5.41, 5.74) is 6.72. The number of amides is 1. The third-order valence-corrected chi connectivity index (χ3v) is 3.80. The largest absolute Gasteiger partial charge is 0.493 e. The zero-order valence-electron chi connectivity index (χ0n) is 13.9. The molecule has 0 saturated heterocycles. The fourth-order valence-electron chi connectivity index (χ4n) is 2.11. The van der Waals surface area contributed by atoms with Gasteiger partial charge >= 0.3 is 0 Å². The van der Waals surface area contributed by atoms with E-state index in [0.29, 0.717) is 23.8 Å². The molecular formula is C16H26N2O4. The second-order valence-corrected chi connectivity index (χ2v) is 5.12. The summed E-state index contributed by atoms with van der Waals surface area (Å²) in [6.45, 7) is 4.28. The van der Waals surface area contributed by atoms with Crippen molar-refractivity contribution in [3.8, 4) is 17.2 Å². The monoisotopic (exact) mass is 310 g/mol. The van der Waals surface area contributed by atoms with Crippen molar-refractivity contribution in [1.82, 2.24) is 5.32 Å². The van der Waals surface area contributed by atoms with Crippen LogP contribution in [0.5, 0.6) is 17.2 Å². The van der Waals surface area contributed by atoms with Crippen molar-refractivity contribution < 1.29 is 19.0 Å². The average Bonchev–Trinajstić information content (AvgIpc) is 2.56. The van der Waals surface area contributed by atoms with E-state index in [-0.39, 0.29) is 11.8 Å². The first-order valence-corrected chi connectivity index (χ1v) is 7.31. The van der Waals surface area contributed by atoms with Gasteiger partial charge in [-0.15, -0.1) is 0 Å². The van der Waals surface area contributed by atoms with Crippen LogP contribution < -0.4 is 25.3 Å². The molecule has 0 radical (unpaired) electrons. The van der Waals surface area contributed by atoms with E-state index < -0.39 is 6.04 Å². The number of nitrogens with two attached hydrogens (primary N) is 1. The van der Waals surface area contributed by atoms with E-state index in [9.17, 15) is 4.79 Å². The highest BCUT2D eigenvalue weighted by Crippen LogP contribution is 2.39. The molecule has 0 aliphatic rings. The predicted molar refractivity (Wildman–Crippen MR) is 85.4 cm³/mol. The molecule has 0 bridgehead atoms. The summed E-state index contributed by atoms with van der Waals surface area (Å²) < 4.78 is 15.9. The molecule has 2 atom stereocenters. The molecule has 3 N–H and O–H groups in total. The van der Waals surface area contributed by atoms with Gasteiger partial charge in [0.1, 0.15) is 0 Å². The van der Waals surface area contributed by atoms with Crippen molar-refractivity contribution in [2.45, 2.75) is 32.9 Å². The molecule has 124 valence electrons. The van der Waals surface area contributed by atoms with E-state index in [4.69, 9.17) is 19.9 Å². The number of hydrogen-bond donors (Lipinski definition) is 2. The molecule has 0 fully saturated rings. The van der Waals surface area contributed by atoms with Crippen LogP contribution in [0.3, 0.4) is 0 Å². The quantitative estimate of drug-likeness (QED) is 0.763. The highest BCUT2D eigenvalue weighted by atomic mass is 16.5. The van der Waals surface area contributed by atoms with Crippen molar-refractivity contribution in [3.05, 3.63) is 17.7 Å². The molecule has 0 heterocycles. The van der Waals surface area contributed by atoms with Gasteiger partial charge in [0, 0.05) is 12.1 Å². The van der Waals surface area contributed by atoms with Crippen LogP contribution in [-0.2, 0) is 11.3 Å². The van der Waals surface area contributed by atoms with Gasteiger partial charge in [-0.25, -0.2) is 0 Å². The number of rotatable bonds is 8. The fourth-order valence-corrected chi connectivity index (χ4v) is 2.11. The third kappa shape index (κ3) is 4.04. The Balaban J connectivity index is 2.88. The number of nitrogens with one attached hydrogen (secondary N) is 1. The van der Waals surface area contributed by atoms with Gasteiger partial charge in [0.2, 0.25) is 11.7 Å². The molecule has 2 unspecified atom stereocenters. The molecule has 1 amide bonds. The Hall–Kier alpha value is -1.95. The Bertz CT molecular complexity index is 505. The van der Waals surface area contributed by atoms with Crippen LogP contribution >= 0.6 is 0 Å². The van der Waals surface area contributed by atoms with Crippen LogP contribution in [0.1, 0.15) is 25.8 Å². The maximum absolute atomic E-state index is 12.1. The Kier molecular flexibility index (Phi) is 6.98. The molecule has 22 heavy (non-hydrogen) atoms. The Labute approximate surface area is 131 Å². The van der Waals surface area contributed by atoms with E-state index in [2.05, 4.69) is 5.32 Å². The van der Waals surface area contributed by atoms with Crippen LogP contribution in [-0.4, -0.2) is 33.3 Å². The first kappa shape index (κ1) is 18.1. The number of ether oxygens (including phenoxy) is 3. The van der Waals surface area contributed by atoms with Gasteiger partial charge in [0.15, 0.2) is 11.5 Å². The standard InChI is InChI=1S/C16H26N2O4/c1-6-10(2)13(17)16(19)18-9-11-7-8-12(20-3)15(22-5)14(11)21-4/h7-8,10,13H,6,9,17H2,1-5H3,(H,18,19). The zero-order chi connectivity index (χ0) is 16.7. The van der Waals surface area contributed by atoms with Crippen LogP contribution in [0.4, 0.5) is 0 Å². The van der Waals surface area contributed by atoms with Gasteiger partial charge < -0.3 is 25.3 Å². The van der Waals surface area contributed by atoms with Crippen molar-refractivity contribution in [1.29, 1.82) is 0 Å². The van der Waals surface area contributed by atoms with Gasteiger partial charge in [-0.05, 0) is 18.1 Å². The number of methoxy groups -OCH3 is 3. The van der Waals surface area contributed by atoms with E-state index in [0.717, 1.165) is 12.0 Å². The topological polar surface area (TPSA) is 82.8 Å². The highest BCUT2D eigenvalue weighted by Gasteiger charge is 2.20. The third-order valence-electron chi connectivity index (χ3n) is 3.80. The number of benzene rings is 1. The molecule has 0 aliphatic heterocycles. The average molecular weight is 310 g/mol. The van der Waals surface area contributed by atoms with Crippen LogP contribution in [0.2, 0.25) is 0 Å². The lowest BCUT2D eigenvalue weighted by atomic mass is 9.99. The first-order valence-electron chi connectivity index (χ1n) is 7.31.